The molecule has 0 saturated heterocycles. The maximum Gasteiger partial charge on any atom is 0.248 e. The molecule has 2 aromatic carbocycles. The largest absolute Gasteiger partial charge is 0.495 e. The number of nitrogens with one attached hydrogen (secondary N) is 2. The molecule has 0 atom stereocenters. The Labute approximate surface area is 228 Å². The van der Waals surface area contributed by atoms with Crippen molar-refractivity contribution >= 4 is 39.7 Å². The van der Waals surface area contributed by atoms with E-state index in [0.29, 0.717) is 23.1 Å². The highest BCUT2D eigenvalue weighted by Crippen LogP contribution is 2.38. The van der Waals surface area contributed by atoms with Crippen molar-refractivity contribution in [3.05, 3.63) is 91.3 Å². The zero-order valence-electron chi connectivity index (χ0n) is 22.4. The van der Waals surface area contributed by atoms with Gasteiger partial charge in [0.05, 0.1) is 24.2 Å². The van der Waals surface area contributed by atoms with E-state index in [4.69, 9.17) is 9.72 Å². The van der Waals surface area contributed by atoms with Crippen molar-refractivity contribution in [2.75, 3.05) is 37.9 Å². The van der Waals surface area contributed by atoms with E-state index < -0.39 is 0 Å². The van der Waals surface area contributed by atoms with Crippen molar-refractivity contribution in [1.82, 2.24) is 19.4 Å². The number of aryl methyl sites for hydroxylation is 1. The molecule has 0 aliphatic carbocycles. The van der Waals surface area contributed by atoms with Gasteiger partial charge in [-0.15, -0.1) is 0 Å². The van der Waals surface area contributed by atoms with Gasteiger partial charge in [0.1, 0.15) is 5.75 Å². The van der Waals surface area contributed by atoms with Gasteiger partial charge in [-0.1, -0.05) is 43.0 Å². The molecule has 8 heteroatoms. The minimum absolute atomic E-state index is 0.241. The van der Waals surface area contributed by atoms with Crippen LogP contribution >= 0.6 is 0 Å². The Morgan fingerprint density at radius 2 is 1.97 bits per heavy atom. The molecular weight excluding hydrogens is 488 g/mol. The SMILES string of the molecule is C=C/C=C/C(=O)Nc1cc(Nc2nccc(-c3cn(C)c4ccccc34)n2)c(OC)cc1C1=CCN(C)CC1. The summed E-state index contributed by atoms with van der Waals surface area (Å²) in [6.07, 6.45) is 11.5. The third kappa shape index (κ3) is 5.61. The molecule has 1 aliphatic heterocycles. The molecule has 0 spiro atoms. The van der Waals surface area contributed by atoms with Gasteiger partial charge in [0, 0.05) is 60.6 Å². The third-order valence-corrected chi connectivity index (χ3v) is 6.81. The van der Waals surface area contributed by atoms with Crippen LogP contribution in [-0.2, 0) is 11.8 Å². The van der Waals surface area contributed by atoms with Crippen LogP contribution in [0.15, 0.2) is 85.7 Å². The fourth-order valence-electron chi connectivity index (χ4n) is 4.80. The molecule has 0 radical (unpaired) electrons. The molecule has 2 N–H and O–H groups in total. The maximum absolute atomic E-state index is 12.6. The number of rotatable bonds is 8. The standard InChI is InChI=1S/C31H32N6O2/c1-5-6-11-30(38)33-26-19-27(29(39-4)18-23(26)21-13-16-36(2)17-14-21)35-31-32-15-12-25(34-31)24-20-37(3)28-10-8-7-9-22(24)28/h5-13,15,18-20H,1,14,16-17H2,2-4H3,(H,33,38)(H,32,34,35)/b11-6+. The van der Waals surface area contributed by atoms with E-state index in [2.05, 4.69) is 63.1 Å². The second-order valence-corrected chi connectivity index (χ2v) is 9.49. The van der Waals surface area contributed by atoms with E-state index in [9.17, 15) is 4.79 Å². The number of nitrogens with zero attached hydrogens (tertiary/aromatic N) is 4. The normalized spacial score (nSPS) is 13.9. The van der Waals surface area contributed by atoms with Crippen LogP contribution in [0, 0.1) is 0 Å². The summed E-state index contributed by atoms with van der Waals surface area (Å²) in [7, 11) is 5.75. The zero-order valence-corrected chi connectivity index (χ0v) is 22.4. The molecule has 8 nitrogen and oxygen atoms in total. The van der Waals surface area contributed by atoms with Crippen LogP contribution in [0.2, 0.25) is 0 Å². The monoisotopic (exact) mass is 520 g/mol. The van der Waals surface area contributed by atoms with Gasteiger partial charge in [-0.25, -0.2) is 9.97 Å². The lowest BCUT2D eigenvalue weighted by molar-refractivity contribution is -0.111. The molecule has 0 fully saturated rings. The van der Waals surface area contributed by atoms with Gasteiger partial charge < -0.3 is 24.8 Å². The highest BCUT2D eigenvalue weighted by Gasteiger charge is 2.19. The van der Waals surface area contributed by atoms with E-state index in [1.165, 1.54) is 6.08 Å². The van der Waals surface area contributed by atoms with Gasteiger partial charge in [-0.3, -0.25) is 4.79 Å². The van der Waals surface area contributed by atoms with E-state index in [1.807, 2.05) is 37.4 Å². The minimum atomic E-state index is -0.241. The number of benzene rings is 2. The molecule has 2 aromatic heterocycles. The number of ether oxygens (including phenoxy) is 1. The topological polar surface area (TPSA) is 84.3 Å². The zero-order chi connectivity index (χ0) is 27.4. The number of fused-ring (bicyclic) bond motifs is 1. The number of amides is 1. The van der Waals surface area contributed by atoms with Crippen molar-refractivity contribution in [2.45, 2.75) is 6.42 Å². The first-order valence-electron chi connectivity index (χ1n) is 12.8. The Hall–Kier alpha value is -4.69. The Bertz CT molecular complexity index is 1600. The number of carbonyl (C=O) groups is 1. The molecule has 1 aliphatic rings. The number of hydrogen-bond donors (Lipinski definition) is 2. The van der Waals surface area contributed by atoms with Gasteiger partial charge >= 0.3 is 0 Å². The number of hydrogen-bond acceptors (Lipinski definition) is 6. The molecule has 0 unspecified atom stereocenters. The summed E-state index contributed by atoms with van der Waals surface area (Å²) in [6, 6.07) is 14.0. The molecule has 3 heterocycles. The summed E-state index contributed by atoms with van der Waals surface area (Å²) in [6.45, 7) is 5.43. The van der Waals surface area contributed by atoms with Crippen LogP contribution in [0.3, 0.4) is 0 Å². The first-order valence-corrected chi connectivity index (χ1v) is 12.8. The van der Waals surface area contributed by atoms with Crippen molar-refractivity contribution in [3.8, 4) is 17.0 Å². The average Bonchev–Trinajstić information content (AvgIpc) is 3.29. The van der Waals surface area contributed by atoms with Gasteiger partial charge in [0.15, 0.2) is 0 Å². The summed E-state index contributed by atoms with van der Waals surface area (Å²) in [5.74, 6) is 0.812. The Balaban J connectivity index is 1.53. The lowest BCUT2D eigenvalue weighted by atomic mass is 9.97. The number of carbonyl (C=O) groups excluding carboxylic acids is 1. The highest BCUT2D eigenvalue weighted by atomic mass is 16.5. The summed E-state index contributed by atoms with van der Waals surface area (Å²) in [4.78, 5) is 24.2. The molecule has 198 valence electrons. The number of aromatic nitrogens is 3. The summed E-state index contributed by atoms with van der Waals surface area (Å²) in [5, 5.41) is 7.46. The first kappa shape index (κ1) is 25.9. The molecular formula is C31H32N6O2. The van der Waals surface area contributed by atoms with Crippen LogP contribution in [0.1, 0.15) is 12.0 Å². The van der Waals surface area contributed by atoms with Crippen molar-refractivity contribution < 1.29 is 9.53 Å². The molecule has 0 saturated carbocycles. The van der Waals surface area contributed by atoms with Gasteiger partial charge in [-0.2, -0.15) is 0 Å². The Kier molecular flexibility index (Phi) is 7.56. The summed E-state index contributed by atoms with van der Waals surface area (Å²) in [5.41, 5.74) is 6.38. The second kappa shape index (κ2) is 11.4. The summed E-state index contributed by atoms with van der Waals surface area (Å²) < 4.78 is 7.86. The molecule has 4 aromatic rings. The molecule has 0 bridgehead atoms. The predicted octanol–water partition coefficient (Wildman–Crippen LogP) is 5.79. The average molecular weight is 521 g/mol. The van der Waals surface area contributed by atoms with Gasteiger partial charge in [0.25, 0.3) is 0 Å². The lowest BCUT2D eigenvalue weighted by Gasteiger charge is -2.24. The van der Waals surface area contributed by atoms with Crippen LogP contribution in [0.25, 0.3) is 27.7 Å². The Morgan fingerprint density at radius 3 is 2.74 bits per heavy atom. The lowest BCUT2D eigenvalue weighted by Crippen LogP contribution is -2.24. The van der Waals surface area contributed by atoms with Crippen LogP contribution in [0.4, 0.5) is 17.3 Å². The smallest absolute Gasteiger partial charge is 0.248 e. The van der Waals surface area contributed by atoms with Crippen molar-refractivity contribution in [2.24, 2.45) is 7.05 Å². The number of allylic oxidation sites excluding steroid dienone is 2. The van der Waals surface area contributed by atoms with E-state index in [-0.39, 0.29) is 5.91 Å². The third-order valence-electron chi connectivity index (χ3n) is 6.81. The minimum Gasteiger partial charge on any atom is -0.495 e. The highest BCUT2D eigenvalue weighted by molar-refractivity contribution is 6.02. The first-order chi connectivity index (χ1) is 19.0. The maximum atomic E-state index is 12.6. The number of para-hydroxylation sites is 1. The van der Waals surface area contributed by atoms with Crippen LogP contribution in [0.5, 0.6) is 5.75 Å². The fraction of sp³-hybridized carbons (Fsp3) is 0.194. The van der Waals surface area contributed by atoms with Crippen LogP contribution < -0.4 is 15.4 Å². The fourth-order valence-corrected chi connectivity index (χ4v) is 4.80. The van der Waals surface area contributed by atoms with Crippen molar-refractivity contribution in [1.29, 1.82) is 0 Å². The molecule has 39 heavy (non-hydrogen) atoms. The molecule has 5 rings (SSSR count). The van der Waals surface area contributed by atoms with Gasteiger partial charge in [0.2, 0.25) is 11.9 Å². The number of anilines is 3. The van der Waals surface area contributed by atoms with E-state index in [0.717, 1.165) is 52.8 Å². The van der Waals surface area contributed by atoms with Gasteiger partial charge in [-0.05, 0) is 43.3 Å². The van der Waals surface area contributed by atoms with Crippen LogP contribution in [-0.4, -0.2) is 52.6 Å². The predicted molar refractivity (Wildman–Crippen MR) is 158 cm³/mol. The van der Waals surface area contributed by atoms with Crippen molar-refractivity contribution in [3.63, 3.8) is 0 Å². The Morgan fingerprint density at radius 1 is 1.13 bits per heavy atom. The number of likely N-dealkylation sites (N-methyl/N-ethyl adjacent to an activating group) is 1. The second-order valence-electron chi connectivity index (χ2n) is 9.49. The van der Waals surface area contributed by atoms with E-state index >= 15 is 0 Å². The quantitative estimate of drug-likeness (QED) is 0.226. The number of methoxy groups -OCH3 is 1. The summed E-state index contributed by atoms with van der Waals surface area (Å²) >= 11 is 0. The van der Waals surface area contributed by atoms with E-state index in [1.54, 1.807) is 25.5 Å². The molecule has 1 amide bonds.